The zero-order valence-corrected chi connectivity index (χ0v) is 8.02. The van der Waals surface area contributed by atoms with E-state index in [0.29, 0.717) is 0 Å². The number of fused-ring (bicyclic) bond motifs is 8. The van der Waals surface area contributed by atoms with Crippen LogP contribution in [-0.4, -0.2) is 4.98 Å². The van der Waals surface area contributed by atoms with Crippen molar-refractivity contribution in [1.29, 1.82) is 0 Å². The van der Waals surface area contributed by atoms with Crippen molar-refractivity contribution in [3.8, 4) is 0 Å². The van der Waals surface area contributed by atoms with Crippen molar-refractivity contribution in [1.82, 2.24) is 4.98 Å². The van der Waals surface area contributed by atoms with Crippen LogP contribution in [0.4, 0.5) is 11.4 Å². The fourth-order valence-corrected chi connectivity index (χ4v) is 2.76. The lowest BCUT2D eigenvalue weighted by Crippen LogP contribution is -1.63. The third kappa shape index (κ3) is 0.598. The molecule has 70 valence electrons. The Bertz CT molecular complexity index is 765. The van der Waals surface area contributed by atoms with Gasteiger partial charge in [0.2, 0.25) is 0 Å². The zero-order valence-electron chi connectivity index (χ0n) is 8.02. The molecule has 1 aliphatic carbocycles. The first kappa shape index (κ1) is 6.51. The van der Waals surface area contributed by atoms with Gasteiger partial charge in [0, 0.05) is 22.7 Å². The molecule has 0 fully saturated rings. The summed E-state index contributed by atoms with van der Waals surface area (Å²) in [5.74, 6) is 0. The first-order valence-electron chi connectivity index (χ1n) is 5.28. The summed E-state index contributed by atoms with van der Waals surface area (Å²) in [6.07, 6.45) is 1.18. The lowest BCUT2D eigenvalue weighted by molar-refractivity contribution is 1.56. The number of H-pyrrole nitrogens is 1. The van der Waals surface area contributed by atoms with Crippen LogP contribution in [0.3, 0.4) is 0 Å². The van der Waals surface area contributed by atoms with Crippen LogP contribution in [0.5, 0.6) is 0 Å². The highest BCUT2D eigenvalue weighted by Gasteiger charge is 2.36. The topological polar surface area (TPSA) is 37.7 Å². The molecule has 0 amide bonds. The minimum atomic E-state index is 1.18. The van der Waals surface area contributed by atoms with Crippen molar-refractivity contribution >= 4 is 33.2 Å². The lowest BCUT2D eigenvalue weighted by Gasteiger charge is -1.87. The molecule has 0 unspecified atom stereocenters. The van der Waals surface area contributed by atoms with Crippen molar-refractivity contribution in [3.63, 3.8) is 0 Å². The molecule has 15 heavy (non-hydrogen) atoms. The van der Waals surface area contributed by atoms with E-state index in [1.165, 1.54) is 39.6 Å². The van der Waals surface area contributed by atoms with Crippen molar-refractivity contribution in [2.45, 2.75) is 6.42 Å². The number of aromatic amines is 1. The van der Waals surface area contributed by atoms with Crippen LogP contribution >= 0.6 is 0 Å². The van der Waals surface area contributed by atoms with Crippen LogP contribution in [0.2, 0.25) is 0 Å². The van der Waals surface area contributed by atoms with E-state index in [1.54, 1.807) is 11.1 Å². The second kappa shape index (κ2) is 1.74. The number of benzene rings is 2. The fourth-order valence-electron chi connectivity index (χ4n) is 2.76. The van der Waals surface area contributed by atoms with E-state index in [2.05, 4.69) is 34.6 Å². The summed E-state index contributed by atoms with van der Waals surface area (Å²) in [6, 6.07) is 8.56. The van der Waals surface area contributed by atoms with Crippen molar-refractivity contribution < 1.29 is 0 Å². The Hall–Kier alpha value is -1.96. The Morgan fingerprint density at radius 2 is 1.93 bits per heavy atom. The van der Waals surface area contributed by atoms with Gasteiger partial charge in [-0.25, -0.2) is 0 Å². The largest absolute Gasteiger partial charge is 0.353 e. The van der Waals surface area contributed by atoms with Crippen LogP contribution in [-0.2, 0) is 6.42 Å². The first-order chi connectivity index (χ1) is 7.43. The van der Waals surface area contributed by atoms with Gasteiger partial charge in [-0.05, 0) is 17.2 Å². The number of para-hydroxylation sites is 1. The Morgan fingerprint density at radius 3 is 2.93 bits per heavy atom. The summed E-state index contributed by atoms with van der Waals surface area (Å²) in [6.45, 7) is 0. The van der Waals surface area contributed by atoms with E-state index in [0.717, 1.165) is 0 Å². The average Bonchev–Trinajstić information content (AvgIpc) is 3.12. The Balaban J connectivity index is 2.20. The molecule has 2 nitrogen and oxygen atoms in total. The Labute approximate surface area is 85.9 Å². The molecule has 1 aliphatic heterocycles. The summed E-state index contributed by atoms with van der Waals surface area (Å²) >= 11 is 0. The standard InChI is InChI=1S/C13H8N2/c1-2-4-9-6(3-1)10-7-5-8(7)11-13(15-11)12(10)14-9/h1-4,14-15H,5H2. The number of nitrogens with one attached hydrogen (secondary N) is 2. The van der Waals surface area contributed by atoms with Gasteiger partial charge in [-0.3, -0.25) is 0 Å². The molecule has 0 atom stereocenters. The number of anilines is 2. The Morgan fingerprint density at radius 1 is 1.00 bits per heavy atom. The van der Waals surface area contributed by atoms with Gasteiger partial charge in [0.1, 0.15) is 0 Å². The van der Waals surface area contributed by atoms with Gasteiger partial charge in [-0.2, -0.15) is 0 Å². The number of hydrogen-bond acceptors (Lipinski definition) is 1. The predicted octanol–water partition coefficient (Wildman–Crippen LogP) is 3.28. The quantitative estimate of drug-likeness (QED) is 0.363. The van der Waals surface area contributed by atoms with Crippen molar-refractivity contribution in [2.75, 3.05) is 5.32 Å². The maximum absolute atomic E-state index is 3.51. The maximum atomic E-state index is 3.51. The normalized spacial score (nSPS) is 14.9. The second-order valence-electron chi connectivity index (χ2n) is 4.43. The molecule has 2 heteroatoms. The van der Waals surface area contributed by atoms with E-state index < -0.39 is 0 Å². The molecule has 5 rings (SSSR count). The molecule has 3 aromatic rings. The first-order valence-corrected chi connectivity index (χ1v) is 5.28. The highest BCUT2D eigenvalue weighted by Crippen LogP contribution is 2.57. The molecule has 2 aromatic carbocycles. The zero-order chi connectivity index (χ0) is 9.57. The third-order valence-corrected chi connectivity index (χ3v) is 3.59. The van der Waals surface area contributed by atoms with Crippen LogP contribution in [0.15, 0.2) is 24.3 Å². The lowest BCUT2D eigenvalue weighted by atomic mass is 10.1. The summed E-state index contributed by atoms with van der Waals surface area (Å²) in [5.41, 5.74) is 8.38. The van der Waals surface area contributed by atoms with Gasteiger partial charge in [-0.15, -0.1) is 0 Å². The van der Waals surface area contributed by atoms with Gasteiger partial charge >= 0.3 is 0 Å². The van der Waals surface area contributed by atoms with Gasteiger partial charge in [0.05, 0.1) is 16.9 Å². The van der Waals surface area contributed by atoms with Gasteiger partial charge in [-0.1, -0.05) is 18.2 Å². The average molecular weight is 192 g/mol. The van der Waals surface area contributed by atoms with Crippen LogP contribution in [0.1, 0.15) is 11.1 Å². The molecule has 0 spiro atoms. The summed E-state index contributed by atoms with van der Waals surface area (Å²) in [7, 11) is 0. The van der Waals surface area contributed by atoms with E-state index in [4.69, 9.17) is 0 Å². The molecule has 0 bridgehead atoms. The smallest absolute Gasteiger partial charge is 0.0872 e. The summed E-state index contributed by atoms with van der Waals surface area (Å²) < 4.78 is 0. The second-order valence-corrected chi connectivity index (χ2v) is 4.43. The highest BCUT2D eigenvalue weighted by atomic mass is 15.1. The number of aromatic nitrogens is 1. The monoisotopic (exact) mass is 192 g/mol. The number of rotatable bonds is 0. The van der Waals surface area contributed by atoms with E-state index in [1.807, 2.05) is 0 Å². The predicted molar refractivity (Wildman–Crippen MR) is 61.9 cm³/mol. The van der Waals surface area contributed by atoms with E-state index in [-0.39, 0.29) is 0 Å². The summed E-state index contributed by atoms with van der Waals surface area (Å²) in [5, 5.41) is 6.20. The van der Waals surface area contributed by atoms with Crippen molar-refractivity contribution in [3.05, 3.63) is 35.4 Å². The molecule has 2 heterocycles. The molecule has 0 radical (unpaired) electrons. The minimum absolute atomic E-state index is 1.18. The molecule has 1 aromatic heterocycles. The minimum Gasteiger partial charge on any atom is -0.353 e. The van der Waals surface area contributed by atoms with Gasteiger partial charge < -0.3 is 10.3 Å². The van der Waals surface area contributed by atoms with Crippen molar-refractivity contribution in [2.24, 2.45) is 0 Å². The molecular weight excluding hydrogens is 184 g/mol. The van der Waals surface area contributed by atoms with Crippen LogP contribution in [0, 0.1) is 0 Å². The van der Waals surface area contributed by atoms with Gasteiger partial charge in [0.15, 0.2) is 0 Å². The highest BCUT2D eigenvalue weighted by molar-refractivity contribution is 6.23. The van der Waals surface area contributed by atoms with Crippen LogP contribution in [0.25, 0.3) is 21.8 Å². The third-order valence-electron chi connectivity index (χ3n) is 3.59. The van der Waals surface area contributed by atoms with E-state index in [9.17, 15) is 0 Å². The SMILES string of the molecule is c1ccc2c(c1)[nH]c1c3c(c4c(c12)C4)N3. The molecule has 2 aliphatic rings. The number of hydrogen-bond donors (Lipinski definition) is 2. The van der Waals surface area contributed by atoms with Gasteiger partial charge in [0.25, 0.3) is 0 Å². The maximum Gasteiger partial charge on any atom is 0.0872 e. The molecular formula is C13H8N2. The molecule has 0 saturated carbocycles. The molecule has 2 N–H and O–H groups in total. The fraction of sp³-hybridized carbons (Fsp3) is 0.0769. The van der Waals surface area contributed by atoms with E-state index >= 15 is 0 Å². The Kier molecular flexibility index (Phi) is 0.755. The van der Waals surface area contributed by atoms with Crippen LogP contribution < -0.4 is 5.32 Å². The molecule has 0 saturated heterocycles. The summed E-state index contributed by atoms with van der Waals surface area (Å²) in [4.78, 5) is 3.51.